The maximum Gasteiger partial charge on any atom is 0.416 e. The number of benzene rings is 1. The van der Waals surface area contributed by atoms with Crippen molar-refractivity contribution in [1.29, 1.82) is 5.41 Å². The number of aliphatic hydroxyl groups is 1. The van der Waals surface area contributed by atoms with Crippen LogP contribution < -0.4 is 10.2 Å². The highest BCUT2D eigenvalue weighted by Crippen LogP contribution is 2.35. The van der Waals surface area contributed by atoms with E-state index < -0.39 is 17.3 Å². The Kier molecular flexibility index (Phi) is 5.73. The van der Waals surface area contributed by atoms with E-state index in [2.05, 4.69) is 15.3 Å². The minimum Gasteiger partial charge on any atom is -0.390 e. The van der Waals surface area contributed by atoms with E-state index in [1.807, 2.05) is 4.90 Å². The Balaban J connectivity index is 1.85. The molecular weight excluding hydrogens is 407 g/mol. The number of aromatic nitrogens is 2. The van der Waals surface area contributed by atoms with Crippen molar-refractivity contribution in [1.82, 2.24) is 9.97 Å². The van der Waals surface area contributed by atoms with Gasteiger partial charge in [-0.3, -0.25) is 0 Å². The van der Waals surface area contributed by atoms with Crippen LogP contribution in [-0.2, 0) is 6.18 Å². The summed E-state index contributed by atoms with van der Waals surface area (Å²) in [4.78, 5) is 10.2. The molecule has 2 heterocycles. The topological polar surface area (TPSA) is 85.1 Å². The summed E-state index contributed by atoms with van der Waals surface area (Å²) in [6, 6.07) is 4.70. The van der Waals surface area contributed by atoms with E-state index >= 15 is 0 Å². The zero-order valence-electron chi connectivity index (χ0n) is 15.9. The highest BCUT2D eigenvalue weighted by molar-refractivity contribution is 6.28. The Bertz CT molecular complexity index is 908. The van der Waals surface area contributed by atoms with Crippen LogP contribution in [0.4, 0.5) is 30.5 Å². The van der Waals surface area contributed by atoms with Crippen LogP contribution in [-0.4, -0.2) is 40.0 Å². The van der Waals surface area contributed by atoms with Gasteiger partial charge in [-0.25, -0.2) is 0 Å². The lowest BCUT2D eigenvalue weighted by Gasteiger charge is -2.43. The summed E-state index contributed by atoms with van der Waals surface area (Å²) in [5, 5.41) is 20.4. The van der Waals surface area contributed by atoms with E-state index in [0.29, 0.717) is 30.9 Å². The fraction of sp³-hybridized carbons (Fsp3) is 0.421. The molecule has 6 nitrogen and oxygen atoms in total. The van der Waals surface area contributed by atoms with Gasteiger partial charge in [0.25, 0.3) is 0 Å². The molecular formula is C19H21ClF3N5O. The summed E-state index contributed by atoms with van der Waals surface area (Å²) < 4.78 is 38.9. The molecule has 1 aliphatic rings. The van der Waals surface area contributed by atoms with Crippen LogP contribution >= 0.6 is 11.6 Å². The quantitative estimate of drug-likeness (QED) is 0.467. The molecule has 156 valence electrons. The van der Waals surface area contributed by atoms with Crippen molar-refractivity contribution in [2.45, 2.75) is 32.0 Å². The molecule has 3 rings (SSSR count). The van der Waals surface area contributed by atoms with Crippen molar-refractivity contribution >= 4 is 35.1 Å². The molecule has 0 atom stereocenters. The van der Waals surface area contributed by atoms with Crippen LogP contribution in [0.15, 0.2) is 24.3 Å². The molecule has 29 heavy (non-hydrogen) atoms. The van der Waals surface area contributed by atoms with Crippen LogP contribution in [0.1, 0.15) is 31.4 Å². The average Bonchev–Trinajstić information content (AvgIpc) is 2.56. The van der Waals surface area contributed by atoms with Gasteiger partial charge in [-0.15, -0.1) is 0 Å². The van der Waals surface area contributed by atoms with Gasteiger partial charge in [-0.1, -0.05) is 6.07 Å². The summed E-state index contributed by atoms with van der Waals surface area (Å²) in [5.74, 6) is 0.851. The Morgan fingerprint density at radius 1 is 1.31 bits per heavy atom. The van der Waals surface area contributed by atoms with Gasteiger partial charge in [0.05, 0.1) is 16.7 Å². The highest BCUT2D eigenvalue weighted by Gasteiger charge is 2.34. The normalized spacial score (nSPS) is 15.2. The molecule has 0 saturated carbocycles. The van der Waals surface area contributed by atoms with Crippen LogP contribution in [0.5, 0.6) is 0 Å². The largest absolute Gasteiger partial charge is 0.416 e. The number of nitrogens with one attached hydrogen (secondary N) is 2. The summed E-state index contributed by atoms with van der Waals surface area (Å²) >= 11 is 6.03. The third-order valence-corrected chi connectivity index (χ3v) is 4.71. The minimum absolute atomic E-state index is 0.0778. The highest BCUT2D eigenvalue weighted by atomic mass is 35.5. The summed E-state index contributed by atoms with van der Waals surface area (Å²) in [6.45, 7) is 4.75. The lowest BCUT2D eigenvalue weighted by molar-refractivity contribution is -0.137. The second kappa shape index (κ2) is 7.79. The number of hydrogen-bond acceptors (Lipinski definition) is 6. The minimum atomic E-state index is -4.47. The maximum absolute atomic E-state index is 13.0. The first-order valence-corrected chi connectivity index (χ1v) is 9.34. The number of rotatable bonds is 6. The fourth-order valence-corrected chi connectivity index (χ4v) is 3.55. The van der Waals surface area contributed by atoms with Crippen molar-refractivity contribution in [2.75, 3.05) is 23.3 Å². The molecule has 0 amide bonds. The standard InChI is InChI=1S/C19H21ClF3N5O/c1-18(2,29)7-11-9-28(10-11)16-14(8-24)15(26-17(20)27-16)25-13-5-3-4-12(6-13)19(21,22)23/h3-6,8,11,24,29H,7,9-10H2,1-2H3,(H,25,26,27). The third kappa shape index (κ3) is 5.16. The molecule has 0 bridgehead atoms. The smallest absolute Gasteiger partial charge is 0.390 e. The van der Waals surface area contributed by atoms with Gasteiger partial charge >= 0.3 is 6.18 Å². The molecule has 10 heteroatoms. The van der Waals surface area contributed by atoms with Gasteiger partial charge in [-0.2, -0.15) is 23.1 Å². The Morgan fingerprint density at radius 2 is 2.00 bits per heavy atom. The molecule has 2 aromatic rings. The second-order valence-electron chi connectivity index (χ2n) is 7.71. The summed E-state index contributed by atoms with van der Waals surface area (Å²) in [6.07, 6.45) is -2.80. The molecule has 0 spiro atoms. The molecule has 0 aliphatic carbocycles. The van der Waals surface area contributed by atoms with Crippen LogP contribution in [0.3, 0.4) is 0 Å². The molecule has 1 aliphatic heterocycles. The first-order chi connectivity index (χ1) is 13.5. The van der Waals surface area contributed by atoms with E-state index in [4.69, 9.17) is 17.0 Å². The van der Waals surface area contributed by atoms with Gasteiger partial charge < -0.3 is 20.7 Å². The number of alkyl halides is 3. The van der Waals surface area contributed by atoms with Crippen molar-refractivity contribution in [3.8, 4) is 0 Å². The molecule has 0 unspecified atom stereocenters. The lowest BCUT2D eigenvalue weighted by atomic mass is 9.87. The van der Waals surface area contributed by atoms with Gasteiger partial charge in [-0.05, 0) is 56.0 Å². The van der Waals surface area contributed by atoms with E-state index in [0.717, 1.165) is 18.3 Å². The van der Waals surface area contributed by atoms with Gasteiger partial charge in [0.2, 0.25) is 5.28 Å². The number of anilines is 3. The molecule has 0 radical (unpaired) electrons. The predicted octanol–water partition coefficient (Wildman–Crippen LogP) is 4.49. The summed E-state index contributed by atoms with van der Waals surface area (Å²) in [5.41, 5.74) is -1.07. The molecule has 3 N–H and O–H groups in total. The van der Waals surface area contributed by atoms with Crippen molar-refractivity contribution in [3.05, 3.63) is 40.7 Å². The predicted molar refractivity (Wildman–Crippen MR) is 106 cm³/mol. The Morgan fingerprint density at radius 3 is 2.59 bits per heavy atom. The molecule has 1 aromatic carbocycles. The van der Waals surface area contributed by atoms with E-state index in [1.165, 1.54) is 12.1 Å². The number of halogens is 4. The van der Waals surface area contributed by atoms with Crippen molar-refractivity contribution < 1.29 is 18.3 Å². The van der Waals surface area contributed by atoms with E-state index in [9.17, 15) is 18.3 Å². The lowest BCUT2D eigenvalue weighted by Crippen LogP contribution is -2.50. The molecule has 1 fully saturated rings. The maximum atomic E-state index is 13.0. The van der Waals surface area contributed by atoms with Crippen LogP contribution in [0, 0.1) is 11.3 Å². The Hall–Kier alpha value is -2.39. The third-order valence-electron chi connectivity index (χ3n) is 4.54. The van der Waals surface area contributed by atoms with Gasteiger partial charge in [0.15, 0.2) is 0 Å². The first kappa shape index (κ1) is 21.3. The first-order valence-electron chi connectivity index (χ1n) is 8.96. The fourth-order valence-electron chi connectivity index (χ4n) is 3.39. The second-order valence-corrected chi connectivity index (χ2v) is 8.05. The Labute approximate surface area is 171 Å². The molecule has 1 aromatic heterocycles. The van der Waals surface area contributed by atoms with Gasteiger partial charge in [0.1, 0.15) is 11.6 Å². The zero-order chi connectivity index (χ0) is 21.4. The number of hydrogen-bond donors (Lipinski definition) is 3. The zero-order valence-corrected chi connectivity index (χ0v) is 16.6. The average molecular weight is 428 g/mol. The monoisotopic (exact) mass is 427 g/mol. The van der Waals surface area contributed by atoms with Crippen LogP contribution in [0.25, 0.3) is 0 Å². The number of nitrogens with zero attached hydrogens (tertiary/aromatic N) is 3. The summed E-state index contributed by atoms with van der Waals surface area (Å²) in [7, 11) is 0. The van der Waals surface area contributed by atoms with E-state index in [-0.39, 0.29) is 22.7 Å². The van der Waals surface area contributed by atoms with Crippen molar-refractivity contribution in [3.63, 3.8) is 0 Å². The molecule has 1 saturated heterocycles. The van der Waals surface area contributed by atoms with Crippen molar-refractivity contribution in [2.24, 2.45) is 5.92 Å². The van der Waals surface area contributed by atoms with Gasteiger partial charge in [0, 0.05) is 25.0 Å². The van der Waals surface area contributed by atoms with E-state index in [1.54, 1.807) is 13.8 Å². The SMILES string of the molecule is CC(C)(O)CC1CN(c2nc(Cl)nc(Nc3cccc(C(F)(F)F)c3)c2C=N)C1. The van der Waals surface area contributed by atoms with Crippen LogP contribution in [0.2, 0.25) is 5.28 Å².